The number of rotatable bonds is 7. The van der Waals surface area contributed by atoms with E-state index in [1.807, 2.05) is 24.3 Å². The van der Waals surface area contributed by atoms with Crippen LogP contribution in [0.2, 0.25) is 5.02 Å². The van der Waals surface area contributed by atoms with Crippen molar-refractivity contribution in [1.82, 2.24) is 20.1 Å². The third-order valence-corrected chi connectivity index (χ3v) is 4.85. The van der Waals surface area contributed by atoms with Gasteiger partial charge in [0.25, 0.3) is 5.89 Å². The predicted molar refractivity (Wildman–Crippen MR) is 108 cm³/mol. The highest BCUT2D eigenvalue weighted by Gasteiger charge is 2.15. The van der Waals surface area contributed by atoms with Crippen LogP contribution >= 0.6 is 11.6 Å². The minimum atomic E-state index is 0.439. The van der Waals surface area contributed by atoms with Crippen LogP contribution in [0.3, 0.4) is 0 Å². The normalized spacial score (nSPS) is 14.9. The third kappa shape index (κ3) is 4.67. The van der Waals surface area contributed by atoms with E-state index in [-0.39, 0.29) is 0 Å². The molecule has 1 aliphatic rings. The van der Waals surface area contributed by atoms with Crippen LogP contribution < -0.4 is 5.32 Å². The molecule has 1 fully saturated rings. The Bertz CT molecular complexity index is 894. The van der Waals surface area contributed by atoms with Gasteiger partial charge in [-0.1, -0.05) is 11.6 Å². The minimum Gasteiger partial charge on any atom is -0.416 e. The van der Waals surface area contributed by atoms with Gasteiger partial charge in [-0.3, -0.25) is 4.90 Å². The lowest BCUT2D eigenvalue weighted by molar-refractivity contribution is 0.0378. The fourth-order valence-corrected chi connectivity index (χ4v) is 3.22. The number of nitrogens with zero attached hydrogens (tertiary/aromatic N) is 4. The molecule has 0 spiro atoms. The fraction of sp³-hybridized carbons (Fsp3) is 0.350. The molecule has 3 heterocycles. The molecule has 0 atom stereocenters. The van der Waals surface area contributed by atoms with Crippen molar-refractivity contribution < 1.29 is 9.15 Å². The van der Waals surface area contributed by atoms with E-state index < -0.39 is 0 Å². The molecular weight excluding hydrogens is 378 g/mol. The third-order valence-electron chi connectivity index (χ3n) is 4.60. The average Bonchev–Trinajstić information content (AvgIpc) is 3.23. The summed E-state index contributed by atoms with van der Waals surface area (Å²) in [7, 11) is 0. The molecule has 28 heavy (non-hydrogen) atoms. The smallest absolute Gasteiger partial charge is 0.251 e. The van der Waals surface area contributed by atoms with E-state index in [2.05, 4.69) is 25.4 Å². The van der Waals surface area contributed by atoms with Gasteiger partial charge in [-0.2, -0.15) is 0 Å². The van der Waals surface area contributed by atoms with Crippen LogP contribution in [0.25, 0.3) is 22.9 Å². The Morgan fingerprint density at radius 1 is 1.04 bits per heavy atom. The quantitative estimate of drug-likeness (QED) is 0.608. The number of aromatic nitrogens is 3. The SMILES string of the molecule is Clc1ccc(-c2nnc(-c3cccnc3NCCCN3CCOCC3)o2)cc1. The monoisotopic (exact) mass is 399 g/mol. The van der Waals surface area contributed by atoms with E-state index >= 15 is 0 Å². The summed E-state index contributed by atoms with van der Waals surface area (Å²) in [5, 5.41) is 12.4. The molecule has 1 saturated heterocycles. The van der Waals surface area contributed by atoms with Crippen molar-refractivity contribution in [3.05, 3.63) is 47.6 Å². The highest BCUT2D eigenvalue weighted by Crippen LogP contribution is 2.28. The van der Waals surface area contributed by atoms with Crippen molar-refractivity contribution in [3.63, 3.8) is 0 Å². The van der Waals surface area contributed by atoms with Gasteiger partial charge >= 0.3 is 0 Å². The first-order valence-electron chi connectivity index (χ1n) is 9.38. The van der Waals surface area contributed by atoms with E-state index in [1.165, 1.54) is 0 Å². The average molecular weight is 400 g/mol. The fourth-order valence-electron chi connectivity index (χ4n) is 3.09. The number of ether oxygens (including phenoxy) is 1. The van der Waals surface area contributed by atoms with Crippen molar-refractivity contribution in [2.45, 2.75) is 6.42 Å². The van der Waals surface area contributed by atoms with Crippen LogP contribution in [-0.4, -0.2) is 59.5 Å². The van der Waals surface area contributed by atoms with Crippen LogP contribution in [0.5, 0.6) is 0 Å². The van der Waals surface area contributed by atoms with Crippen molar-refractivity contribution in [2.75, 3.05) is 44.7 Å². The van der Waals surface area contributed by atoms with Gasteiger partial charge in [0.1, 0.15) is 5.82 Å². The number of nitrogens with one attached hydrogen (secondary N) is 1. The van der Waals surface area contributed by atoms with Gasteiger partial charge in [0.05, 0.1) is 18.8 Å². The summed E-state index contributed by atoms with van der Waals surface area (Å²) >= 11 is 5.94. The highest BCUT2D eigenvalue weighted by atomic mass is 35.5. The first-order valence-corrected chi connectivity index (χ1v) is 9.76. The van der Waals surface area contributed by atoms with Gasteiger partial charge in [-0.25, -0.2) is 4.98 Å². The van der Waals surface area contributed by atoms with E-state index in [0.29, 0.717) is 16.8 Å². The van der Waals surface area contributed by atoms with Crippen LogP contribution in [0.15, 0.2) is 47.0 Å². The second-order valence-corrected chi connectivity index (χ2v) is 6.99. The van der Waals surface area contributed by atoms with Gasteiger partial charge in [0, 0.05) is 36.4 Å². The predicted octanol–water partition coefficient (Wildman–Crippen LogP) is 3.59. The lowest BCUT2D eigenvalue weighted by Crippen LogP contribution is -2.37. The molecule has 146 valence electrons. The molecule has 3 aromatic rings. The van der Waals surface area contributed by atoms with E-state index in [9.17, 15) is 0 Å². The largest absolute Gasteiger partial charge is 0.416 e. The Labute approximate surface area is 168 Å². The van der Waals surface area contributed by atoms with Gasteiger partial charge in [-0.05, 0) is 49.4 Å². The van der Waals surface area contributed by atoms with Crippen molar-refractivity contribution >= 4 is 17.4 Å². The zero-order valence-corrected chi connectivity index (χ0v) is 16.2. The summed E-state index contributed by atoms with van der Waals surface area (Å²) in [4.78, 5) is 6.86. The zero-order valence-electron chi connectivity index (χ0n) is 15.5. The molecular formula is C20H22ClN5O2. The molecule has 0 radical (unpaired) electrons. The Hall–Kier alpha value is -2.48. The van der Waals surface area contributed by atoms with Gasteiger partial charge in [-0.15, -0.1) is 10.2 Å². The molecule has 4 rings (SSSR count). The minimum absolute atomic E-state index is 0.439. The van der Waals surface area contributed by atoms with Crippen LogP contribution in [0, 0.1) is 0 Å². The summed E-state index contributed by atoms with van der Waals surface area (Å²) in [6.45, 7) is 5.52. The number of anilines is 1. The molecule has 0 unspecified atom stereocenters. The van der Waals surface area contributed by atoms with E-state index in [1.54, 1.807) is 18.3 Å². The molecule has 1 N–H and O–H groups in total. The number of hydrogen-bond acceptors (Lipinski definition) is 7. The van der Waals surface area contributed by atoms with Gasteiger partial charge < -0.3 is 14.5 Å². The molecule has 0 amide bonds. The number of benzene rings is 1. The summed E-state index contributed by atoms with van der Waals surface area (Å²) < 4.78 is 11.3. The second-order valence-electron chi connectivity index (χ2n) is 6.55. The molecule has 2 aromatic heterocycles. The Balaban J connectivity index is 1.40. The molecule has 0 aliphatic carbocycles. The number of hydrogen-bond donors (Lipinski definition) is 1. The molecule has 1 aliphatic heterocycles. The maximum atomic E-state index is 5.94. The zero-order chi connectivity index (χ0) is 19.2. The molecule has 8 heteroatoms. The summed E-state index contributed by atoms with van der Waals surface area (Å²) in [6, 6.07) is 11.1. The summed E-state index contributed by atoms with van der Waals surface area (Å²) in [5.41, 5.74) is 1.62. The summed E-state index contributed by atoms with van der Waals surface area (Å²) in [5.74, 6) is 1.64. The lowest BCUT2D eigenvalue weighted by Gasteiger charge is -2.26. The van der Waals surface area contributed by atoms with Gasteiger partial charge in [0.15, 0.2) is 0 Å². The lowest BCUT2D eigenvalue weighted by atomic mass is 10.2. The number of halogens is 1. The first kappa shape index (κ1) is 18.9. The highest BCUT2D eigenvalue weighted by molar-refractivity contribution is 6.30. The molecule has 1 aromatic carbocycles. The van der Waals surface area contributed by atoms with E-state index in [4.69, 9.17) is 20.8 Å². The van der Waals surface area contributed by atoms with Crippen molar-refractivity contribution in [3.8, 4) is 22.9 Å². The topological polar surface area (TPSA) is 76.3 Å². The Morgan fingerprint density at radius 3 is 2.64 bits per heavy atom. The van der Waals surface area contributed by atoms with Crippen LogP contribution in [0.4, 0.5) is 5.82 Å². The molecule has 7 nitrogen and oxygen atoms in total. The second kappa shape index (κ2) is 9.14. The maximum absolute atomic E-state index is 5.94. The number of morpholine rings is 1. The first-order chi connectivity index (χ1) is 13.8. The van der Waals surface area contributed by atoms with E-state index in [0.717, 1.165) is 62.8 Å². The van der Waals surface area contributed by atoms with Crippen molar-refractivity contribution in [2.24, 2.45) is 0 Å². The van der Waals surface area contributed by atoms with Crippen LogP contribution in [0.1, 0.15) is 6.42 Å². The van der Waals surface area contributed by atoms with Crippen molar-refractivity contribution in [1.29, 1.82) is 0 Å². The Kier molecular flexibility index (Phi) is 6.16. The van der Waals surface area contributed by atoms with Crippen LogP contribution in [-0.2, 0) is 4.74 Å². The Morgan fingerprint density at radius 2 is 1.82 bits per heavy atom. The summed E-state index contributed by atoms with van der Waals surface area (Å²) in [6.07, 6.45) is 2.78. The molecule has 0 saturated carbocycles. The number of pyridine rings is 1. The molecule has 0 bridgehead atoms. The standard InChI is InChI=1S/C20H22ClN5O2/c21-16-6-4-15(5-7-16)19-24-25-20(28-19)17-3-1-8-22-18(17)23-9-2-10-26-11-13-27-14-12-26/h1,3-8H,2,9-14H2,(H,22,23). The maximum Gasteiger partial charge on any atom is 0.251 e. The van der Waals surface area contributed by atoms with Gasteiger partial charge in [0.2, 0.25) is 5.89 Å².